The predicted molar refractivity (Wildman–Crippen MR) is 77.9 cm³/mol. The van der Waals surface area contributed by atoms with Crippen LogP contribution in [0.5, 0.6) is 0 Å². The van der Waals surface area contributed by atoms with Crippen LogP contribution in [0.2, 0.25) is 0 Å². The van der Waals surface area contributed by atoms with E-state index < -0.39 is 12.6 Å². The molecule has 0 unspecified atom stereocenters. The van der Waals surface area contributed by atoms with Crippen LogP contribution >= 0.6 is 15.9 Å². The second-order valence-corrected chi connectivity index (χ2v) is 5.52. The maximum absolute atomic E-state index is 12.3. The molecule has 0 fully saturated rings. The minimum atomic E-state index is -4.15. The molecule has 0 spiro atoms. The lowest BCUT2D eigenvalue weighted by Gasteiger charge is -2.22. The molecule has 3 nitrogen and oxygen atoms in total. The molecule has 0 radical (unpaired) electrons. The van der Waals surface area contributed by atoms with Gasteiger partial charge < -0.3 is 10.2 Å². The Balaban J connectivity index is 2.76. The van der Waals surface area contributed by atoms with Crippen molar-refractivity contribution >= 4 is 21.7 Å². The zero-order chi connectivity index (χ0) is 15.2. The molecule has 1 aromatic heterocycles. The molecule has 0 atom stereocenters. The summed E-state index contributed by atoms with van der Waals surface area (Å²) < 4.78 is 37.7. The summed E-state index contributed by atoms with van der Waals surface area (Å²) in [5.74, 6) is 0.584. The zero-order valence-corrected chi connectivity index (χ0v) is 13.2. The Hall–Kier alpha value is -0.820. The maximum atomic E-state index is 12.3. The normalized spacial score (nSPS) is 11.7. The molecule has 0 bridgehead atoms. The summed E-state index contributed by atoms with van der Waals surface area (Å²) in [7, 11) is 1.63. The predicted octanol–water partition coefficient (Wildman–Crippen LogP) is 3.73. The Bertz CT molecular complexity index is 424. The van der Waals surface area contributed by atoms with Gasteiger partial charge in [0.15, 0.2) is 0 Å². The van der Waals surface area contributed by atoms with Gasteiger partial charge in [0.05, 0.1) is 6.42 Å². The first-order valence-electron chi connectivity index (χ1n) is 6.46. The van der Waals surface area contributed by atoms with E-state index in [2.05, 4.69) is 33.2 Å². The van der Waals surface area contributed by atoms with Crippen LogP contribution < -0.4 is 10.2 Å². The number of nitrogens with one attached hydrogen (secondary N) is 1. The SMILES string of the molecule is CCCNCc1cc(Br)cnc1N(C)CCC(F)(F)F. The third kappa shape index (κ3) is 6.09. The highest BCUT2D eigenvalue weighted by molar-refractivity contribution is 9.10. The van der Waals surface area contributed by atoms with Crippen molar-refractivity contribution in [2.45, 2.75) is 32.5 Å². The summed E-state index contributed by atoms with van der Waals surface area (Å²) >= 11 is 3.34. The van der Waals surface area contributed by atoms with Crippen LogP contribution in [0.25, 0.3) is 0 Å². The van der Waals surface area contributed by atoms with Crippen LogP contribution in [-0.2, 0) is 6.54 Å². The molecule has 0 aliphatic rings. The number of aromatic nitrogens is 1. The summed E-state index contributed by atoms with van der Waals surface area (Å²) in [6.07, 6.45) is -2.39. The lowest BCUT2D eigenvalue weighted by Crippen LogP contribution is -2.27. The van der Waals surface area contributed by atoms with E-state index in [0.717, 1.165) is 23.0 Å². The van der Waals surface area contributed by atoms with Gasteiger partial charge in [-0.1, -0.05) is 6.92 Å². The molecule has 1 aromatic rings. The summed E-state index contributed by atoms with van der Waals surface area (Å²) in [6.45, 7) is 3.41. The van der Waals surface area contributed by atoms with Crippen LogP contribution in [0.3, 0.4) is 0 Å². The molecule has 1 N–H and O–H groups in total. The fourth-order valence-corrected chi connectivity index (χ4v) is 2.13. The lowest BCUT2D eigenvalue weighted by molar-refractivity contribution is -0.132. The van der Waals surface area contributed by atoms with Gasteiger partial charge in [-0.3, -0.25) is 0 Å². The van der Waals surface area contributed by atoms with E-state index in [4.69, 9.17) is 0 Å². The highest BCUT2D eigenvalue weighted by Crippen LogP contribution is 2.24. The van der Waals surface area contributed by atoms with E-state index in [-0.39, 0.29) is 6.54 Å². The van der Waals surface area contributed by atoms with Crippen molar-refractivity contribution in [1.29, 1.82) is 0 Å². The van der Waals surface area contributed by atoms with Crippen LogP contribution in [0.1, 0.15) is 25.3 Å². The van der Waals surface area contributed by atoms with Crippen molar-refractivity contribution in [1.82, 2.24) is 10.3 Å². The van der Waals surface area contributed by atoms with E-state index in [1.165, 1.54) is 0 Å². The first kappa shape index (κ1) is 17.2. The van der Waals surface area contributed by atoms with Crippen molar-refractivity contribution in [3.05, 3.63) is 22.3 Å². The molecular weight excluding hydrogens is 335 g/mol. The minimum absolute atomic E-state index is 0.0983. The number of alkyl halides is 3. The molecule has 0 aromatic carbocycles. The van der Waals surface area contributed by atoms with Crippen LogP contribution in [0, 0.1) is 0 Å². The fourth-order valence-electron chi connectivity index (χ4n) is 1.75. The Morgan fingerprint density at radius 3 is 2.70 bits per heavy atom. The summed E-state index contributed by atoms with van der Waals surface area (Å²) in [4.78, 5) is 5.77. The standard InChI is InChI=1S/C13H19BrF3N3/c1-3-5-18-8-10-7-11(14)9-19-12(10)20(2)6-4-13(15,16)17/h7,9,18H,3-6,8H2,1-2H3. The fraction of sp³-hybridized carbons (Fsp3) is 0.615. The molecule has 0 saturated heterocycles. The van der Waals surface area contributed by atoms with E-state index in [1.54, 1.807) is 18.1 Å². The van der Waals surface area contributed by atoms with Gasteiger partial charge in [-0.05, 0) is 35.0 Å². The van der Waals surface area contributed by atoms with Crippen LogP contribution in [0.4, 0.5) is 19.0 Å². The summed E-state index contributed by atoms with van der Waals surface area (Å²) in [5.41, 5.74) is 0.887. The van der Waals surface area contributed by atoms with E-state index >= 15 is 0 Å². The largest absolute Gasteiger partial charge is 0.390 e. The van der Waals surface area contributed by atoms with Gasteiger partial charge in [0.1, 0.15) is 5.82 Å². The van der Waals surface area contributed by atoms with Crippen molar-refractivity contribution in [2.75, 3.05) is 25.0 Å². The summed E-state index contributed by atoms with van der Waals surface area (Å²) in [6, 6.07) is 1.88. The second-order valence-electron chi connectivity index (χ2n) is 4.60. The number of halogens is 4. The van der Waals surface area contributed by atoms with E-state index in [1.807, 2.05) is 6.07 Å². The molecule has 0 aliphatic heterocycles. The molecule has 7 heteroatoms. The van der Waals surface area contributed by atoms with Crippen molar-refractivity contribution in [3.8, 4) is 0 Å². The average Bonchev–Trinajstić information content (AvgIpc) is 2.36. The Morgan fingerprint density at radius 1 is 1.40 bits per heavy atom. The average molecular weight is 354 g/mol. The van der Waals surface area contributed by atoms with Crippen LogP contribution in [-0.4, -0.2) is 31.3 Å². The Morgan fingerprint density at radius 2 is 2.10 bits per heavy atom. The number of rotatable bonds is 7. The second kappa shape index (κ2) is 7.83. The highest BCUT2D eigenvalue weighted by atomic mass is 79.9. The number of nitrogens with zero attached hydrogens (tertiary/aromatic N) is 2. The molecule has 114 valence electrons. The quantitative estimate of drug-likeness (QED) is 0.757. The lowest BCUT2D eigenvalue weighted by atomic mass is 10.2. The smallest absolute Gasteiger partial charge is 0.359 e. The Labute approximate surface area is 125 Å². The van der Waals surface area contributed by atoms with Gasteiger partial charge in [-0.15, -0.1) is 0 Å². The molecule has 0 aliphatic carbocycles. The monoisotopic (exact) mass is 353 g/mol. The van der Waals surface area contributed by atoms with Crippen molar-refractivity contribution < 1.29 is 13.2 Å². The van der Waals surface area contributed by atoms with E-state index in [0.29, 0.717) is 12.4 Å². The topological polar surface area (TPSA) is 28.2 Å². The molecular formula is C13H19BrF3N3. The van der Waals surface area contributed by atoms with Gasteiger partial charge in [0.25, 0.3) is 0 Å². The zero-order valence-electron chi connectivity index (χ0n) is 11.6. The van der Waals surface area contributed by atoms with Crippen LogP contribution in [0.15, 0.2) is 16.7 Å². The molecule has 1 heterocycles. The number of pyridine rings is 1. The molecule has 0 saturated carbocycles. The minimum Gasteiger partial charge on any atom is -0.359 e. The third-order valence-corrected chi connectivity index (χ3v) is 3.18. The van der Waals surface area contributed by atoms with Gasteiger partial charge in [0, 0.05) is 36.4 Å². The van der Waals surface area contributed by atoms with Gasteiger partial charge in [-0.25, -0.2) is 4.98 Å². The van der Waals surface area contributed by atoms with Gasteiger partial charge in [0.2, 0.25) is 0 Å². The number of anilines is 1. The number of hydrogen-bond donors (Lipinski definition) is 1. The third-order valence-electron chi connectivity index (χ3n) is 2.74. The maximum Gasteiger partial charge on any atom is 0.390 e. The van der Waals surface area contributed by atoms with E-state index in [9.17, 15) is 13.2 Å². The Kier molecular flexibility index (Phi) is 6.75. The first-order valence-corrected chi connectivity index (χ1v) is 7.26. The number of hydrogen-bond acceptors (Lipinski definition) is 3. The highest BCUT2D eigenvalue weighted by Gasteiger charge is 2.27. The van der Waals surface area contributed by atoms with Gasteiger partial charge in [-0.2, -0.15) is 13.2 Å². The molecule has 1 rings (SSSR count). The van der Waals surface area contributed by atoms with Crippen molar-refractivity contribution in [2.24, 2.45) is 0 Å². The first-order chi connectivity index (χ1) is 9.33. The summed E-state index contributed by atoms with van der Waals surface area (Å²) in [5, 5.41) is 3.24. The molecule has 20 heavy (non-hydrogen) atoms. The van der Waals surface area contributed by atoms with Crippen molar-refractivity contribution in [3.63, 3.8) is 0 Å². The van der Waals surface area contributed by atoms with Gasteiger partial charge >= 0.3 is 6.18 Å². The molecule has 0 amide bonds.